The Morgan fingerprint density at radius 1 is 1.24 bits per heavy atom. The average molecular weight is 494 g/mol. The summed E-state index contributed by atoms with van der Waals surface area (Å²) in [7, 11) is -3.82. The Labute approximate surface area is 196 Å². The lowest BCUT2D eigenvalue weighted by molar-refractivity contribution is -0.149. The Morgan fingerprint density at radius 2 is 1.97 bits per heavy atom. The first-order valence-electron chi connectivity index (χ1n) is 10.6. The molecule has 0 aliphatic heterocycles. The number of ether oxygens (including phenoxy) is 2. The summed E-state index contributed by atoms with van der Waals surface area (Å²) >= 11 is 0. The number of aromatic nitrogens is 4. The number of para-hydroxylation sites is 1. The first kappa shape index (κ1) is 25.5. The van der Waals surface area contributed by atoms with Gasteiger partial charge < -0.3 is 19.7 Å². The fourth-order valence-electron chi connectivity index (χ4n) is 3.04. The number of benzene rings is 1. The normalized spacial score (nSPS) is 15.1. The van der Waals surface area contributed by atoms with Crippen LogP contribution in [0.25, 0.3) is 5.65 Å². The highest BCUT2D eigenvalue weighted by Gasteiger charge is 2.32. The quantitative estimate of drug-likeness (QED) is 0.285. The minimum absolute atomic E-state index is 0.0738. The van der Waals surface area contributed by atoms with E-state index in [1.165, 1.54) is 24.0 Å². The van der Waals surface area contributed by atoms with Gasteiger partial charge in [-0.15, -0.1) is 0 Å². The van der Waals surface area contributed by atoms with Crippen LogP contribution in [0.5, 0.6) is 5.75 Å². The summed E-state index contributed by atoms with van der Waals surface area (Å²) in [5, 5.41) is 6.76. The maximum Gasteiger partial charge on any atom is 0.342 e. The Kier molecular flexibility index (Phi) is 8.54. The summed E-state index contributed by atoms with van der Waals surface area (Å²) in [6.45, 7) is 4.04. The van der Waals surface area contributed by atoms with Crippen molar-refractivity contribution < 1.29 is 27.7 Å². The minimum atomic E-state index is -3.82. The molecule has 3 N–H and O–H groups in total. The third-order valence-electron chi connectivity index (χ3n) is 4.58. The molecule has 2 aromatic heterocycles. The van der Waals surface area contributed by atoms with E-state index >= 15 is 0 Å². The number of rotatable bonds is 12. The number of halogens is 1. The highest BCUT2D eigenvalue weighted by Crippen LogP contribution is 2.44. The molecule has 34 heavy (non-hydrogen) atoms. The van der Waals surface area contributed by atoms with E-state index in [1.54, 1.807) is 44.2 Å². The van der Waals surface area contributed by atoms with Crippen molar-refractivity contribution in [3.8, 4) is 5.75 Å². The van der Waals surface area contributed by atoms with Crippen LogP contribution in [0.4, 0.5) is 10.2 Å². The molecular formula is C21H28FN6O5P. The first-order valence-corrected chi connectivity index (χ1v) is 12.4. The van der Waals surface area contributed by atoms with E-state index in [1.807, 2.05) is 0 Å². The molecule has 0 saturated carbocycles. The number of alkyl halides is 1. The molecule has 0 bridgehead atoms. The lowest BCUT2D eigenvalue weighted by Gasteiger charge is -2.25. The van der Waals surface area contributed by atoms with Gasteiger partial charge in [0.25, 0.3) is 0 Å². The van der Waals surface area contributed by atoms with Crippen LogP contribution in [-0.2, 0) is 25.3 Å². The van der Waals surface area contributed by atoms with Gasteiger partial charge in [0.2, 0.25) is 0 Å². The zero-order valence-electron chi connectivity index (χ0n) is 19.1. The Morgan fingerprint density at radius 3 is 2.65 bits per heavy atom. The van der Waals surface area contributed by atoms with Gasteiger partial charge in [0.05, 0.1) is 24.1 Å². The molecular weight excluding hydrogens is 466 g/mol. The molecule has 3 atom stereocenters. The average Bonchev–Trinajstić information content (AvgIpc) is 3.20. The topological polar surface area (TPSA) is 143 Å². The number of imidazole rings is 1. The molecule has 0 saturated heterocycles. The summed E-state index contributed by atoms with van der Waals surface area (Å²) in [6.07, 6.45) is 1.01. The number of nitrogen functional groups attached to an aromatic ring is 1. The van der Waals surface area contributed by atoms with Crippen LogP contribution in [-0.4, -0.2) is 56.8 Å². The Hall–Kier alpha value is -3.08. The van der Waals surface area contributed by atoms with Crippen molar-refractivity contribution in [1.29, 1.82) is 0 Å². The van der Waals surface area contributed by atoms with E-state index in [0.717, 1.165) is 0 Å². The van der Waals surface area contributed by atoms with Crippen LogP contribution in [0.1, 0.15) is 26.5 Å². The SMILES string of the molecule is CC(C)OC(=O)[C@H](C)NP(=O)(CO[C@@H](CF)Cc1cnc2c(N)ncnn12)Oc1ccccc1. The van der Waals surface area contributed by atoms with Gasteiger partial charge in [-0.25, -0.2) is 24.0 Å². The van der Waals surface area contributed by atoms with Crippen molar-refractivity contribution in [1.82, 2.24) is 24.7 Å². The monoisotopic (exact) mass is 494 g/mol. The van der Waals surface area contributed by atoms with Crippen LogP contribution < -0.4 is 15.3 Å². The van der Waals surface area contributed by atoms with Crippen LogP contribution in [0, 0.1) is 0 Å². The maximum atomic E-state index is 13.8. The molecule has 11 nitrogen and oxygen atoms in total. The number of hydrogen-bond acceptors (Lipinski definition) is 9. The number of carbonyl (C=O) groups excluding carboxylic acids is 1. The molecule has 0 amide bonds. The van der Waals surface area contributed by atoms with Gasteiger partial charge in [-0.2, -0.15) is 5.10 Å². The zero-order chi connectivity index (χ0) is 24.7. The fourth-order valence-corrected chi connectivity index (χ4v) is 4.78. The lowest BCUT2D eigenvalue weighted by atomic mass is 10.2. The summed E-state index contributed by atoms with van der Waals surface area (Å²) in [4.78, 5) is 20.3. The number of nitrogens with two attached hydrogens (primary N) is 1. The second kappa shape index (κ2) is 11.4. The minimum Gasteiger partial charge on any atom is -0.462 e. The van der Waals surface area contributed by atoms with Crippen LogP contribution in [0.15, 0.2) is 42.9 Å². The van der Waals surface area contributed by atoms with Gasteiger partial charge in [0, 0.05) is 6.42 Å². The lowest BCUT2D eigenvalue weighted by Crippen LogP contribution is -2.37. The summed E-state index contributed by atoms with van der Waals surface area (Å²) in [5.41, 5.74) is 6.66. The van der Waals surface area contributed by atoms with E-state index < -0.39 is 38.7 Å². The smallest absolute Gasteiger partial charge is 0.342 e. The van der Waals surface area contributed by atoms with E-state index in [9.17, 15) is 13.8 Å². The maximum absolute atomic E-state index is 13.8. The number of fused-ring (bicyclic) bond motifs is 1. The van der Waals surface area contributed by atoms with Crippen molar-refractivity contribution in [2.45, 2.75) is 45.4 Å². The largest absolute Gasteiger partial charge is 0.462 e. The third kappa shape index (κ3) is 6.72. The fraction of sp³-hybridized carbons (Fsp3) is 0.429. The number of nitrogens with zero attached hydrogens (tertiary/aromatic N) is 4. The van der Waals surface area contributed by atoms with Gasteiger partial charge in [0.15, 0.2) is 11.5 Å². The molecule has 1 aromatic carbocycles. The Bertz CT molecular complexity index is 1150. The highest BCUT2D eigenvalue weighted by molar-refractivity contribution is 7.57. The number of anilines is 1. The number of nitrogens with one attached hydrogen (secondary N) is 1. The van der Waals surface area contributed by atoms with Crippen molar-refractivity contribution in [2.24, 2.45) is 0 Å². The van der Waals surface area contributed by atoms with Crippen molar-refractivity contribution in [2.75, 3.05) is 18.8 Å². The molecule has 3 aromatic rings. The predicted molar refractivity (Wildman–Crippen MR) is 123 cm³/mol. The molecule has 0 aliphatic carbocycles. The summed E-state index contributed by atoms with van der Waals surface area (Å²) < 4.78 is 45.4. The van der Waals surface area contributed by atoms with Crippen molar-refractivity contribution in [3.05, 3.63) is 48.5 Å². The molecule has 2 heterocycles. The van der Waals surface area contributed by atoms with Gasteiger partial charge in [-0.3, -0.25) is 9.36 Å². The van der Waals surface area contributed by atoms with E-state index in [4.69, 9.17) is 19.7 Å². The van der Waals surface area contributed by atoms with Crippen LogP contribution in [0.3, 0.4) is 0 Å². The molecule has 0 fully saturated rings. The van der Waals surface area contributed by atoms with Gasteiger partial charge in [0.1, 0.15) is 31.1 Å². The van der Waals surface area contributed by atoms with Gasteiger partial charge >= 0.3 is 13.5 Å². The second-order valence-electron chi connectivity index (χ2n) is 7.82. The van der Waals surface area contributed by atoms with E-state index in [-0.39, 0.29) is 18.3 Å². The van der Waals surface area contributed by atoms with Crippen LogP contribution in [0.2, 0.25) is 0 Å². The molecule has 0 aliphatic rings. The van der Waals surface area contributed by atoms with Crippen molar-refractivity contribution >= 4 is 25.0 Å². The number of carbonyl (C=O) groups is 1. The van der Waals surface area contributed by atoms with E-state index in [0.29, 0.717) is 17.1 Å². The van der Waals surface area contributed by atoms with E-state index in [2.05, 4.69) is 20.2 Å². The molecule has 3 rings (SSSR count). The summed E-state index contributed by atoms with van der Waals surface area (Å²) in [5.74, 6) is -0.111. The molecule has 0 radical (unpaired) electrons. The number of esters is 1. The molecule has 184 valence electrons. The van der Waals surface area contributed by atoms with Gasteiger partial charge in [-0.1, -0.05) is 18.2 Å². The molecule has 1 unspecified atom stereocenters. The third-order valence-corrected chi connectivity index (χ3v) is 6.36. The highest BCUT2D eigenvalue weighted by atomic mass is 31.2. The molecule has 13 heteroatoms. The Balaban J connectivity index is 1.74. The zero-order valence-corrected chi connectivity index (χ0v) is 20.0. The van der Waals surface area contributed by atoms with Crippen molar-refractivity contribution in [3.63, 3.8) is 0 Å². The first-order chi connectivity index (χ1) is 16.2. The molecule has 0 spiro atoms. The van der Waals surface area contributed by atoms with Gasteiger partial charge in [-0.05, 0) is 32.9 Å². The second-order valence-corrected chi connectivity index (χ2v) is 9.87. The predicted octanol–water partition coefficient (Wildman–Crippen LogP) is 2.76. The standard InChI is InChI=1S/C21H28FN6O5P/c1-14(2)32-21(29)15(3)27-34(30,33-17-7-5-4-6-8-17)13-31-18(10-22)9-16-11-24-20-19(23)25-12-26-28(16)20/h4-8,11-12,14-15,18H,9-10,13H2,1-3H3,(H,27,30)(H2,23,25,26)/t15-,18+,34?/m0/s1. The van der Waals surface area contributed by atoms with Crippen LogP contribution >= 0.6 is 7.52 Å². The summed E-state index contributed by atoms with van der Waals surface area (Å²) in [6, 6.07) is 7.46. The number of hydrogen-bond donors (Lipinski definition) is 2.